The highest BCUT2D eigenvalue weighted by Gasteiger charge is 2.25. The van der Waals surface area contributed by atoms with E-state index < -0.39 is 14.9 Å². The topological polar surface area (TPSA) is 98.3 Å². The predicted octanol–water partition coefficient (Wildman–Crippen LogP) is 2.25. The first kappa shape index (κ1) is 18.1. The van der Waals surface area contributed by atoms with Gasteiger partial charge in [-0.15, -0.1) is 0 Å². The molecule has 2 aromatic rings. The number of nitrogens with zero attached hydrogens (tertiary/aromatic N) is 4. The van der Waals surface area contributed by atoms with Gasteiger partial charge in [0.05, 0.1) is 15.5 Å². The lowest BCUT2D eigenvalue weighted by Gasteiger charge is -2.17. The Bertz CT molecular complexity index is 874. The predicted molar refractivity (Wildman–Crippen MR) is 89.1 cm³/mol. The van der Waals surface area contributed by atoms with Crippen molar-refractivity contribution in [2.45, 2.75) is 38.8 Å². The first-order valence-corrected chi connectivity index (χ1v) is 8.86. The highest BCUT2D eigenvalue weighted by atomic mass is 32.2. The largest absolute Gasteiger partial charge is 0.270 e. The number of aromatic nitrogens is 2. The van der Waals surface area contributed by atoms with Crippen molar-refractivity contribution in [2.75, 3.05) is 7.05 Å². The second kappa shape index (κ2) is 6.70. The van der Waals surface area contributed by atoms with Crippen LogP contribution in [0.15, 0.2) is 29.2 Å². The van der Waals surface area contributed by atoms with E-state index in [4.69, 9.17) is 0 Å². The molecule has 0 spiro atoms. The van der Waals surface area contributed by atoms with Crippen LogP contribution in [-0.2, 0) is 23.1 Å². The average Bonchev–Trinajstić information content (AvgIpc) is 2.82. The lowest BCUT2D eigenvalue weighted by atomic mass is 10.2. The molecule has 8 nitrogen and oxygen atoms in total. The third kappa shape index (κ3) is 3.31. The molecule has 0 unspecified atom stereocenters. The van der Waals surface area contributed by atoms with Crippen LogP contribution < -0.4 is 0 Å². The van der Waals surface area contributed by atoms with Crippen LogP contribution in [0.4, 0.5) is 5.69 Å². The number of hydrogen-bond donors (Lipinski definition) is 0. The van der Waals surface area contributed by atoms with Crippen molar-refractivity contribution in [1.29, 1.82) is 0 Å². The normalized spacial score (nSPS) is 11.9. The Balaban J connectivity index is 2.35. The minimum atomic E-state index is -3.83. The lowest BCUT2D eigenvalue weighted by molar-refractivity contribution is -0.385. The first-order chi connectivity index (χ1) is 11.2. The van der Waals surface area contributed by atoms with Gasteiger partial charge >= 0.3 is 0 Å². The van der Waals surface area contributed by atoms with Gasteiger partial charge in [0.25, 0.3) is 5.69 Å². The van der Waals surface area contributed by atoms with Crippen molar-refractivity contribution in [3.05, 3.63) is 51.3 Å². The summed E-state index contributed by atoms with van der Waals surface area (Å²) in [5, 5.41) is 15.2. The van der Waals surface area contributed by atoms with Crippen LogP contribution in [0.1, 0.15) is 23.9 Å². The van der Waals surface area contributed by atoms with Crippen LogP contribution >= 0.6 is 0 Å². The van der Waals surface area contributed by atoms with Gasteiger partial charge in [-0.3, -0.25) is 14.8 Å². The maximum Gasteiger partial charge on any atom is 0.270 e. The number of aryl methyl sites for hydroxylation is 2. The Morgan fingerprint density at radius 3 is 2.54 bits per heavy atom. The maximum absolute atomic E-state index is 12.7. The third-order valence-electron chi connectivity index (χ3n) is 3.95. The van der Waals surface area contributed by atoms with E-state index in [1.54, 1.807) is 0 Å². The first-order valence-electron chi connectivity index (χ1n) is 7.42. The second-order valence-corrected chi connectivity index (χ2v) is 7.53. The molecule has 0 saturated heterocycles. The van der Waals surface area contributed by atoms with Gasteiger partial charge < -0.3 is 0 Å². The maximum atomic E-state index is 12.7. The molecule has 0 fully saturated rings. The molecule has 1 aromatic carbocycles. The van der Waals surface area contributed by atoms with Crippen LogP contribution in [0.2, 0.25) is 0 Å². The molecule has 24 heavy (non-hydrogen) atoms. The smallest absolute Gasteiger partial charge is 0.270 e. The van der Waals surface area contributed by atoms with E-state index in [0.717, 1.165) is 23.0 Å². The van der Waals surface area contributed by atoms with Crippen LogP contribution in [0.5, 0.6) is 0 Å². The molecule has 9 heteroatoms. The standard InChI is InChI=1S/C15H20N4O4S/c1-5-18-12(3)15(11(2)16-18)10-17(4)24(22,23)14-8-6-7-13(9-14)19(20)21/h6-9H,5,10H2,1-4H3. The average molecular weight is 352 g/mol. The molecule has 0 atom stereocenters. The van der Waals surface area contributed by atoms with Gasteiger partial charge in [-0.25, -0.2) is 8.42 Å². The van der Waals surface area contributed by atoms with E-state index in [9.17, 15) is 18.5 Å². The summed E-state index contributed by atoms with van der Waals surface area (Å²) in [7, 11) is -2.38. The fourth-order valence-corrected chi connectivity index (χ4v) is 3.69. The number of sulfonamides is 1. The van der Waals surface area contributed by atoms with E-state index in [1.165, 1.54) is 29.6 Å². The van der Waals surface area contributed by atoms with E-state index in [2.05, 4.69) is 5.10 Å². The summed E-state index contributed by atoms with van der Waals surface area (Å²) in [4.78, 5) is 10.1. The molecule has 1 aromatic heterocycles. The zero-order valence-corrected chi connectivity index (χ0v) is 14.9. The molecule has 0 aliphatic rings. The Morgan fingerprint density at radius 2 is 2.00 bits per heavy atom. The summed E-state index contributed by atoms with van der Waals surface area (Å²) in [6.07, 6.45) is 0. The minimum Gasteiger partial charge on any atom is -0.270 e. The van der Waals surface area contributed by atoms with Crippen molar-refractivity contribution in [3.8, 4) is 0 Å². The number of rotatable bonds is 6. The molecule has 130 valence electrons. The molecule has 0 bridgehead atoms. The molecule has 0 aliphatic heterocycles. The van der Waals surface area contributed by atoms with Crippen molar-refractivity contribution in [1.82, 2.24) is 14.1 Å². The van der Waals surface area contributed by atoms with Crippen molar-refractivity contribution < 1.29 is 13.3 Å². The third-order valence-corrected chi connectivity index (χ3v) is 5.75. The molecule has 0 amide bonds. The van der Waals surface area contributed by atoms with Crippen LogP contribution in [0, 0.1) is 24.0 Å². The van der Waals surface area contributed by atoms with Gasteiger partial charge in [0.2, 0.25) is 10.0 Å². The second-order valence-electron chi connectivity index (χ2n) is 5.48. The quantitative estimate of drug-likeness (QED) is 0.586. The summed E-state index contributed by atoms with van der Waals surface area (Å²) in [6.45, 7) is 6.55. The van der Waals surface area contributed by atoms with Gasteiger partial charge in [0.15, 0.2) is 0 Å². The van der Waals surface area contributed by atoms with Gasteiger partial charge in [0, 0.05) is 43.5 Å². The van der Waals surface area contributed by atoms with Crippen molar-refractivity contribution in [3.63, 3.8) is 0 Å². The Hall–Kier alpha value is -2.26. The molecule has 0 aliphatic carbocycles. The zero-order chi connectivity index (χ0) is 18.1. The summed E-state index contributed by atoms with van der Waals surface area (Å²) in [5.41, 5.74) is 2.27. The van der Waals surface area contributed by atoms with E-state index in [0.29, 0.717) is 6.54 Å². The number of benzene rings is 1. The highest BCUT2D eigenvalue weighted by Crippen LogP contribution is 2.23. The Kier molecular flexibility index (Phi) is 5.05. The van der Waals surface area contributed by atoms with E-state index >= 15 is 0 Å². The van der Waals surface area contributed by atoms with Gasteiger partial charge in [0.1, 0.15) is 0 Å². The summed E-state index contributed by atoms with van der Waals surface area (Å²) in [5.74, 6) is 0. The Morgan fingerprint density at radius 1 is 1.33 bits per heavy atom. The van der Waals surface area contributed by atoms with E-state index in [1.807, 2.05) is 25.5 Å². The molecule has 0 radical (unpaired) electrons. The van der Waals surface area contributed by atoms with Gasteiger partial charge in [-0.1, -0.05) is 6.07 Å². The van der Waals surface area contributed by atoms with E-state index in [-0.39, 0.29) is 17.1 Å². The minimum absolute atomic E-state index is 0.0996. The molecule has 1 heterocycles. The highest BCUT2D eigenvalue weighted by molar-refractivity contribution is 7.89. The number of nitro benzene ring substituents is 1. The lowest BCUT2D eigenvalue weighted by Crippen LogP contribution is -2.27. The Labute approximate surface area is 140 Å². The fourth-order valence-electron chi connectivity index (χ4n) is 2.52. The fraction of sp³-hybridized carbons (Fsp3) is 0.400. The SMILES string of the molecule is CCn1nc(C)c(CN(C)S(=O)(=O)c2cccc([N+](=O)[O-])c2)c1C. The monoisotopic (exact) mass is 352 g/mol. The number of hydrogen-bond acceptors (Lipinski definition) is 5. The molecule has 0 saturated carbocycles. The van der Waals surface area contributed by atoms with Crippen molar-refractivity contribution in [2.24, 2.45) is 0 Å². The zero-order valence-electron chi connectivity index (χ0n) is 14.1. The summed E-state index contributed by atoms with van der Waals surface area (Å²) in [6, 6.07) is 5.05. The summed E-state index contributed by atoms with van der Waals surface area (Å²) >= 11 is 0. The van der Waals surface area contributed by atoms with Crippen LogP contribution in [0.3, 0.4) is 0 Å². The van der Waals surface area contributed by atoms with Crippen molar-refractivity contribution >= 4 is 15.7 Å². The van der Waals surface area contributed by atoms with Gasteiger partial charge in [-0.05, 0) is 26.8 Å². The molecular formula is C15H20N4O4S. The molecular weight excluding hydrogens is 332 g/mol. The number of nitro groups is 1. The molecule has 2 rings (SSSR count). The summed E-state index contributed by atoms with van der Waals surface area (Å²) < 4.78 is 28.4. The number of non-ortho nitro benzene ring substituents is 1. The van der Waals surface area contributed by atoms with Crippen LogP contribution in [-0.4, -0.2) is 34.5 Å². The van der Waals surface area contributed by atoms with Gasteiger partial charge in [-0.2, -0.15) is 9.40 Å². The molecule has 0 N–H and O–H groups in total. The van der Waals surface area contributed by atoms with Crippen LogP contribution in [0.25, 0.3) is 0 Å².